The molecule has 1 aromatic heterocycles. The van der Waals surface area contributed by atoms with Gasteiger partial charge in [0.1, 0.15) is 12.4 Å². The molecule has 5 aromatic rings. The first-order valence-electron chi connectivity index (χ1n) is 12.0. The second kappa shape index (κ2) is 10.5. The number of para-hydroxylation sites is 1. The first-order chi connectivity index (χ1) is 18.3. The van der Waals surface area contributed by atoms with E-state index in [9.17, 15) is 17.6 Å². The molecular formula is C29H26FN3O3S2. The molecule has 1 heterocycles. The van der Waals surface area contributed by atoms with Gasteiger partial charge in [-0.1, -0.05) is 24.3 Å². The minimum absolute atomic E-state index is 0.0150. The number of sulfonamides is 1. The zero-order chi connectivity index (χ0) is 26.9. The summed E-state index contributed by atoms with van der Waals surface area (Å²) in [6.45, 7) is 2.36. The summed E-state index contributed by atoms with van der Waals surface area (Å²) in [6, 6.07) is 25.3. The number of anilines is 2. The molecule has 5 rings (SSSR count). The number of hydrogen-bond donors (Lipinski definition) is 1. The summed E-state index contributed by atoms with van der Waals surface area (Å²) in [5.74, 6) is -1.14. The van der Waals surface area contributed by atoms with Crippen LogP contribution in [0.25, 0.3) is 21.8 Å². The zero-order valence-electron chi connectivity index (χ0n) is 20.9. The van der Waals surface area contributed by atoms with Crippen molar-refractivity contribution < 1.29 is 17.6 Å². The predicted molar refractivity (Wildman–Crippen MR) is 153 cm³/mol. The molecular weight excluding hydrogens is 521 g/mol. The lowest BCUT2D eigenvalue weighted by molar-refractivity contribution is -0.114. The standard InChI is InChI=1S/C29H26FN3O3S2/c1-3-32-27-10-5-4-9-25(27)26-18-21(11-16-28(26)32)31-29(34)19-33(22-8-6-7-20(30)17-22)38(35,36)24-14-12-23(37-2)13-15-24/h4-18H,3,19H2,1-2H3,(H,31,34). The summed E-state index contributed by atoms with van der Waals surface area (Å²) in [4.78, 5) is 14.1. The van der Waals surface area contributed by atoms with Gasteiger partial charge in [-0.2, -0.15) is 0 Å². The number of aromatic nitrogens is 1. The third kappa shape index (κ3) is 4.87. The molecule has 0 unspecified atom stereocenters. The fraction of sp³-hybridized carbons (Fsp3) is 0.138. The molecule has 0 aliphatic heterocycles. The van der Waals surface area contributed by atoms with Crippen LogP contribution in [0.5, 0.6) is 0 Å². The minimum atomic E-state index is -4.15. The van der Waals surface area contributed by atoms with Crippen LogP contribution in [0.3, 0.4) is 0 Å². The highest BCUT2D eigenvalue weighted by Crippen LogP contribution is 2.31. The van der Waals surface area contributed by atoms with Crippen molar-refractivity contribution in [3.8, 4) is 0 Å². The lowest BCUT2D eigenvalue weighted by atomic mass is 10.1. The molecule has 0 saturated carbocycles. The van der Waals surface area contributed by atoms with Crippen molar-refractivity contribution in [2.45, 2.75) is 23.3 Å². The Labute approximate surface area is 225 Å². The van der Waals surface area contributed by atoms with Gasteiger partial charge in [0, 0.05) is 38.9 Å². The lowest BCUT2D eigenvalue weighted by Crippen LogP contribution is -2.38. The molecule has 1 amide bonds. The summed E-state index contributed by atoms with van der Waals surface area (Å²) in [5, 5.41) is 4.89. The van der Waals surface area contributed by atoms with Crippen LogP contribution in [0.4, 0.5) is 15.8 Å². The molecule has 6 nitrogen and oxygen atoms in total. The normalized spacial score (nSPS) is 11.7. The average molecular weight is 548 g/mol. The van der Waals surface area contributed by atoms with E-state index in [0.29, 0.717) is 5.69 Å². The second-order valence-electron chi connectivity index (χ2n) is 8.71. The molecule has 0 radical (unpaired) electrons. The monoisotopic (exact) mass is 547 g/mol. The van der Waals surface area contributed by atoms with E-state index in [1.165, 1.54) is 42.1 Å². The van der Waals surface area contributed by atoms with Crippen molar-refractivity contribution in [1.82, 2.24) is 4.57 Å². The van der Waals surface area contributed by atoms with Crippen molar-refractivity contribution in [3.63, 3.8) is 0 Å². The van der Waals surface area contributed by atoms with Crippen LogP contribution in [-0.2, 0) is 21.4 Å². The maximum atomic E-state index is 14.1. The van der Waals surface area contributed by atoms with Crippen LogP contribution < -0.4 is 9.62 Å². The van der Waals surface area contributed by atoms with Gasteiger partial charge in [0.25, 0.3) is 10.0 Å². The van der Waals surface area contributed by atoms with E-state index in [4.69, 9.17) is 0 Å². The van der Waals surface area contributed by atoms with Gasteiger partial charge >= 0.3 is 0 Å². The fourth-order valence-corrected chi connectivity index (χ4v) is 6.45. The smallest absolute Gasteiger partial charge is 0.264 e. The first-order valence-corrected chi connectivity index (χ1v) is 14.7. The van der Waals surface area contributed by atoms with E-state index >= 15 is 0 Å². The Bertz CT molecular complexity index is 1750. The van der Waals surface area contributed by atoms with E-state index in [0.717, 1.165) is 43.6 Å². The van der Waals surface area contributed by atoms with Crippen molar-refractivity contribution in [3.05, 3.63) is 96.8 Å². The number of rotatable bonds is 8. The Balaban J connectivity index is 1.48. The number of nitrogens with one attached hydrogen (secondary N) is 1. The molecule has 0 bridgehead atoms. The van der Waals surface area contributed by atoms with Gasteiger partial charge in [0.05, 0.1) is 10.6 Å². The number of aryl methyl sites for hydroxylation is 1. The molecule has 0 fully saturated rings. The number of amides is 1. The van der Waals surface area contributed by atoms with E-state index in [1.54, 1.807) is 18.2 Å². The Morgan fingerprint density at radius 3 is 2.37 bits per heavy atom. The minimum Gasteiger partial charge on any atom is -0.341 e. The number of thioether (sulfide) groups is 1. The number of fused-ring (bicyclic) bond motifs is 3. The van der Waals surface area contributed by atoms with Crippen LogP contribution in [0.15, 0.2) is 101 Å². The fourth-order valence-electron chi connectivity index (χ4n) is 4.62. The first kappa shape index (κ1) is 25.8. The number of nitrogens with zero attached hydrogens (tertiary/aromatic N) is 2. The number of carbonyl (C=O) groups excluding carboxylic acids is 1. The second-order valence-corrected chi connectivity index (χ2v) is 11.5. The molecule has 0 aliphatic rings. The summed E-state index contributed by atoms with van der Waals surface area (Å²) in [5.41, 5.74) is 2.76. The van der Waals surface area contributed by atoms with E-state index in [1.807, 2.05) is 36.6 Å². The maximum absolute atomic E-state index is 14.1. The summed E-state index contributed by atoms with van der Waals surface area (Å²) < 4.78 is 44.4. The molecule has 9 heteroatoms. The molecule has 0 atom stereocenters. The van der Waals surface area contributed by atoms with E-state index < -0.39 is 28.3 Å². The van der Waals surface area contributed by atoms with Crippen LogP contribution in [0.1, 0.15) is 6.92 Å². The molecule has 0 spiro atoms. The van der Waals surface area contributed by atoms with E-state index in [-0.39, 0.29) is 10.6 Å². The van der Waals surface area contributed by atoms with Crippen molar-refractivity contribution in [2.24, 2.45) is 0 Å². The van der Waals surface area contributed by atoms with Gasteiger partial charge in [-0.15, -0.1) is 11.8 Å². The molecule has 0 saturated heterocycles. The highest BCUT2D eigenvalue weighted by Gasteiger charge is 2.28. The maximum Gasteiger partial charge on any atom is 0.264 e. The van der Waals surface area contributed by atoms with Crippen LogP contribution in [0.2, 0.25) is 0 Å². The van der Waals surface area contributed by atoms with Gasteiger partial charge < -0.3 is 9.88 Å². The SMILES string of the molecule is CCn1c2ccccc2c2cc(NC(=O)CN(c3cccc(F)c3)S(=O)(=O)c3ccc(SC)cc3)ccc21. The molecule has 4 aromatic carbocycles. The molecule has 0 aliphatic carbocycles. The van der Waals surface area contributed by atoms with Crippen LogP contribution >= 0.6 is 11.8 Å². The quantitative estimate of drug-likeness (QED) is 0.225. The van der Waals surface area contributed by atoms with Crippen molar-refractivity contribution in [2.75, 3.05) is 22.4 Å². The topological polar surface area (TPSA) is 71.4 Å². The number of hydrogen-bond acceptors (Lipinski definition) is 4. The van der Waals surface area contributed by atoms with Gasteiger partial charge in [-0.25, -0.2) is 12.8 Å². The highest BCUT2D eigenvalue weighted by molar-refractivity contribution is 7.98. The summed E-state index contributed by atoms with van der Waals surface area (Å²) >= 11 is 1.49. The number of carbonyl (C=O) groups is 1. The third-order valence-corrected chi connectivity index (χ3v) is 8.93. The average Bonchev–Trinajstić information content (AvgIpc) is 3.24. The number of benzene rings is 4. The van der Waals surface area contributed by atoms with Gasteiger partial charge in [-0.3, -0.25) is 9.10 Å². The van der Waals surface area contributed by atoms with Crippen molar-refractivity contribution in [1.29, 1.82) is 0 Å². The summed E-state index contributed by atoms with van der Waals surface area (Å²) in [6.07, 6.45) is 1.89. The predicted octanol–water partition coefficient (Wildman–Crippen LogP) is 6.51. The van der Waals surface area contributed by atoms with Gasteiger partial charge in [0.15, 0.2) is 0 Å². The Kier molecular flexibility index (Phi) is 7.14. The highest BCUT2D eigenvalue weighted by atomic mass is 32.2. The Hall–Kier alpha value is -3.82. The molecule has 38 heavy (non-hydrogen) atoms. The Morgan fingerprint density at radius 2 is 1.66 bits per heavy atom. The van der Waals surface area contributed by atoms with Gasteiger partial charge in [-0.05, 0) is 79.9 Å². The zero-order valence-corrected chi connectivity index (χ0v) is 22.5. The largest absolute Gasteiger partial charge is 0.341 e. The molecule has 194 valence electrons. The van der Waals surface area contributed by atoms with Crippen molar-refractivity contribution >= 4 is 60.9 Å². The van der Waals surface area contributed by atoms with E-state index in [2.05, 4.69) is 22.9 Å². The lowest BCUT2D eigenvalue weighted by Gasteiger charge is -2.24. The summed E-state index contributed by atoms with van der Waals surface area (Å²) in [7, 11) is -4.15. The molecule has 1 N–H and O–H groups in total. The van der Waals surface area contributed by atoms with Gasteiger partial charge in [0.2, 0.25) is 5.91 Å². The Morgan fingerprint density at radius 1 is 0.921 bits per heavy atom. The van der Waals surface area contributed by atoms with Crippen LogP contribution in [0, 0.1) is 5.82 Å². The van der Waals surface area contributed by atoms with Crippen LogP contribution in [-0.4, -0.2) is 31.7 Å². The number of halogens is 1. The third-order valence-electron chi connectivity index (χ3n) is 6.40.